The first kappa shape index (κ1) is 13.9. The van der Waals surface area contributed by atoms with Crippen LogP contribution in [0, 0.1) is 6.92 Å². The van der Waals surface area contributed by atoms with Crippen molar-refractivity contribution in [3.8, 4) is 0 Å². The molecule has 1 heterocycles. The predicted molar refractivity (Wildman–Crippen MR) is 78.5 cm³/mol. The van der Waals surface area contributed by atoms with Crippen LogP contribution in [0.4, 0.5) is 5.69 Å². The van der Waals surface area contributed by atoms with Crippen LogP contribution >= 0.6 is 0 Å². The number of para-hydroxylation sites is 1. The number of hydrogen-bond donors (Lipinski definition) is 2. The molecule has 1 saturated heterocycles. The molecule has 104 valence electrons. The highest BCUT2D eigenvalue weighted by Crippen LogP contribution is 2.27. The fourth-order valence-corrected chi connectivity index (χ4v) is 2.71. The minimum atomic E-state index is -0.0858. The van der Waals surface area contributed by atoms with Gasteiger partial charge in [-0.15, -0.1) is 0 Å². The third-order valence-corrected chi connectivity index (χ3v) is 3.75. The van der Waals surface area contributed by atoms with Crippen LogP contribution < -0.4 is 15.5 Å². The molecule has 2 unspecified atom stereocenters. The molecule has 4 nitrogen and oxygen atoms in total. The van der Waals surface area contributed by atoms with Crippen LogP contribution in [0.3, 0.4) is 0 Å². The van der Waals surface area contributed by atoms with Gasteiger partial charge in [0.2, 0.25) is 5.91 Å². The van der Waals surface area contributed by atoms with Crippen molar-refractivity contribution in [2.45, 2.75) is 32.4 Å². The van der Waals surface area contributed by atoms with E-state index in [1.165, 1.54) is 11.3 Å². The molecule has 1 amide bonds. The Morgan fingerprint density at radius 3 is 2.84 bits per heavy atom. The van der Waals surface area contributed by atoms with E-state index in [2.05, 4.69) is 41.5 Å². The Bertz CT molecular complexity index is 447. The van der Waals surface area contributed by atoms with Crippen LogP contribution in [-0.4, -0.2) is 38.1 Å². The first-order valence-corrected chi connectivity index (χ1v) is 6.91. The Balaban J connectivity index is 2.31. The molecule has 1 fully saturated rings. The van der Waals surface area contributed by atoms with Gasteiger partial charge in [0, 0.05) is 18.3 Å². The van der Waals surface area contributed by atoms with E-state index in [-0.39, 0.29) is 11.9 Å². The molecule has 0 saturated carbocycles. The topological polar surface area (TPSA) is 44.4 Å². The second kappa shape index (κ2) is 6.06. The number of nitrogens with one attached hydrogen (secondary N) is 2. The number of hydrogen-bond acceptors (Lipinski definition) is 3. The average Bonchev–Trinajstić information content (AvgIpc) is 2.41. The molecule has 1 aromatic carbocycles. The average molecular weight is 261 g/mol. The largest absolute Gasteiger partial charge is 0.355 e. The Kier molecular flexibility index (Phi) is 4.43. The van der Waals surface area contributed by atoms with Gasteiger partial charge in [0.15, 0.2) is 0 Å². The van der Waals surface area contributed by atoms with Crippen LogP contribution in [-0.2, 0) is 4.79 Å². The molecule has 0 bridgehead atoms. The monoisotopic (exact) mass is 261 g/mol. The lowest BCUT2D eigenvalue weighted by atomic mass is 10.0. The second-order valence-electron chi connectivity index (χ2n) is 5.20. The minimum Gasteiger partial charge on any atom is -0.355 e. The predicted octanol–water partition coefficient (Wildman–Crippen LogP) is 1.30. The Hall–Kier alpha value is -1.55. The lowest BCUT2D eigenvalue weighted by Crippen LogP contribution is -2.60. The summed E-state index contributed by atoms with van der Waals surface area (Å²) in [6, 6.07) is 8.52. The number of nitrogens with zero attached hydrogens (tertiary/aromatic N) is 1. The minimum absolute atomic E-state index is 0.0858. The summed E-state index contributed by atoms with van der Waals surface area (Å²) in [4.78, 5) is 14.4. The molecule has 0 radical (unpaired) electrons. The third-order valence-electron chi connectivity index (χ3n) is 3.75. The summed E-state index contributed by atoms with van der Waals surface area (Å²) in [6.45, 7) is 5.82. The number of aryl methyl sites for hydroxylation is 1. The van der Waals surface area contributed by atoms with Crippen molar-refractivity contribution in [1.29, 1.82) is 0 Å². The number of piperazine rings is 1. The van der Waals surface area contributed by atoms with E-state index in [9.17, 15) is 4.79 Å². The Morgan fingerprint density at radius 1 is 1.42 bits per heavy atom. The highest BCUT2D eigenvalue weighted by molar-refractivity contribution is 5.87. The van der Waals surface area contributed by atoms with Gasteiger partial charge in [-0.2, -0.15) is 0 Å². The fraction of sp³-hybridized carbons (Fsp3) is 0.533. The number of rotatable bonds is 4. The third kappa shape index (κ3) is 2.89. The molecule has 2 atom stereocenters. The van der Waals surface area contributed by atoms with E-state index in [0.717, 1.165) is 13.0 Å². The SMILES string of the molecule is CNCCC1C(=O)NCC(C)N1c1ccccc1C. The summed E-state index contributed by atoms with van der Waals surface area (Å²) in [6.07, 6.45) is 0.820. The van der Waals surface area contributed by atoms with Gasteiger partial charge in [-0.05, 0) is 45.5 Å². The lowest BCUT2D eigenvalue weighted by molar-refractivity contribution is -0.123. The molecular formula is C15H23N3O. The van der Waals surface area contributed by atoms with Crippen molar-refractivity contribution < 1.29 is 4.79 Å². The van der Waals surface area contributed by atoms with Gasteiger partial charge in [0.05, 0.1) is 0 Å². The van der Waals surface area contributed by atoms with E-state index in [4.69, 9.17) is 0 Å². The zero-order valence-electron chi connectivity index (χ0n) is 11.9. The lowest BCUT2D eigenvalue weighted by Gasteiger charge is -2.42. The van der Waals surface area contributed by atoms with Crippen LogP contribution in [0.2, 0.25) is 0 Å². The molecule has 0 aliphatic carbocycles. The quantitative estimate of drug-likeness (QED) is 0.858. The molecule has 1 aliphatic heterocycles. The van der Waals surface area contributed by atoms with E-state index >= 15 is 0 Å². The zero-order valence-corrected chi connectivity index (χ0v) is 11.9. The first-order valence-electron chi connectivity index (χ1n) is 6.91. The maximum absolute atomic E-state index is 12.2. The molecule has 19 heavy (non-hydrogen) atoms. The van der Waals surface area contributed by atoms with Crippen molar-refractivity contribution >= 4 is 11.6 Å². The van der Waals surface area contributed by atoms with Crippen molar-refractivity contribution in [1.82, 2.24) is 10.6 Å². The number of carbonyl (C=O) groups is 1. The summed E-state index contributed by atoms with van der Waals surface area (Å²) in [5, 5.41) is 6.13. The normalized spacial score (nSPS) is 23.3. The van der Waals surface area contributed by atoms with E-state index in [1.54, 1.807) is 0 Å². The van der Waals surface area contributed by atoms with Gasteiger partial charge in [-0.25, -0.2) is 0 Å². The van der Waals surface area contributed by atoms with Crippen LogP contribution in [0.1, 0.15) is 18.9 Å². The van der Waals surface area contributed by atoms with Gasteiger partial charge in [0.25, 0.3) is 0 Å². The number of carbonyl (C=O) groups excluding carboxylic acids is 1. The van der Waals surface area contributed by atoms with Gasteiger partial charge in [0.1, 0.15) is 6.04 Å². The van der Waals surface area contributed by atoms with E-state index in [1.807, 2.05) is 19.2 Å². The van der Waals surface area contributed by atoms with Crippen molar-refractivity contribution in [2.24, 2.45) is 0 Å². The Labute approximate surface area is 115 Å². The highest BCUT2D eigenvalue weighted by Gasteiger charge is 2.34. The molecule has 2 rings (SSSR count). The van der Waals surface area contributed by atoms with E-state index < -0.39 is 0 Å². The number of amides is 1. The van der Waals surface area contributed by atoms with Crippen molar-refractivity contribution in [3.63, 3.8) is 0 Å². The zero-order chi connectivity index (χ0) is 13.8. The van der Waals surface area contributed by atoms with Crippen molar-refractivity contribution in [3.05, 3.63) is 29.8 Å². The second-order valence-corrected chi connectivity index (χ2v) is 5.20. The molecule has 1 aromatic rings. The van der Waals surface area contributed by atoms with Gasteiger partial charge in [-0.1, -0.05) is 18.2 Å². The smallest absolute Gasteiger partial charge is 0.242 e. The highest BCUT2D eigenvalue weighted by atomic mass is 16.2. The summed E-state index contributed by atoms with van der Waals surface area (Å²) < 4.78 is 0. The maximum Gasteiger partial charge on any atom is 0.242 e. The van der Waals surface area contributed by atoms with Crippen LogP contribution in [0.15, 0.2) is 24.3 Å². The number of benzene rings is 1. The molecule has 4 heteroatoms. The van der Waals surface area contributed by atoms with E-state index in [0.29, 0.717) is 12.6 Å². The molecule has 0 aromatic heterocycles. The molecular weight excluding hydrogens is 238 g/mol. The summed E-state index contributed by atoms with van der Waals surface area (Å²) in [5.41, 5.74) is 2.39. The summed E-state index contributed by atoms with van der Waals surface area (Å²) in [5.74, 6) is 0.136. The first-order chi connectivity index (χ1) is 9.15. The van der Waals surface area contributed by atoms with Gasteiger partial charge in [-0.3, -0.25) is 4.79 Å². The van der Waals surface area contributed by atoms with Crippen molar-refractivity contribution in [2.75, 3.05) is 25.0 Å². The maximum atomic E-state index is 12.2. The molecule has 1 aliphatic rings. The molecule has 2 N–H and O–H groups in total. The molecule has 0 spiro atoms. The van der Waals surface area contributed by atoms with Gasteiger partial charge >= 0.3 is 0 Å². The number of anilines is 1. The Morgan fingerprint density at radius 2 is 2.16 bits per heavy atom. The standard InChI is InChI=1S/C15H23N3O/c1-11-6-4-5-7-13(11)18-12(2)10-17-15(19)14(18)8-9-16-3/h4-7,12,14,16H,8-10H2,1-3H3,(H,17,19). The van der Waals surface area contributed by atoms with Crippen LogP contribution in [0.5, 0.6) is 0 Å². The summed E-state index contributed by atoms with van der Waals surface area (Å²) in [7, 11) is 1.92. The fourth-order valence-electron chi connectivity index (χ4n) is 2.71. The summed E-state index contributed by atoms with van der Waals surface area (Å²) >= 11 is 0. The van der Waals surface area contributed by atoms with Crippen LogP contribution in [0.25, 0.3) is 0 Å². The van der Waals surface area contributed by atoms with Gasteiger partial charge < -0.3 is 15.5 Å².